The lowest BCUT2D eigenvalue weighted by molar-refractivity contribution is -0.115. The first-order valence-corrected chi connectivity index (χ1v) is 31.5. The Labute approximate surface area is 534 Å². The number of aromatic amines is 2. The molecule has 2 aliphatic carbocycles. The molecule has 458 valence electrons. The fourth-order valence-corrected chi connectivity index (χ4v) is 15.7. The normalized spacial score (nSPS) is 13.1. The number of benzene rings is 2. The van der Waals surface area contributed by atoms with E-state index in [-0.39, 0.29) is 66.0 Å². The Hall–Kier alpha value is -9.69. The van der Waals surface area contributed by atoms with E-state index in [0.717, 1.165) is 46.9 Å². The van der Waals surface area contributed by atoms with Gasteiger partial charge < -0.3 is 56.7 Å². The number of nitrogens with one attached hydrogen (secondary N) is 2. The number of thiophene rings is 4. The van der Waals surface area contributed by atoms with Crippen molar-refractivity contribution >= 4 is 113 Å². The number of likely N-dealkylation sites (N-methyl/N-ethyl adjacent to an activating group) is 2. The molecule has 8 aromatic heterocycles. The van der Waals surface area contributed by atoms with Crippen LogP contribution in [0.5, 0.6) is 11.8 Å². The van der Waals surface area contributed by atoms with Gasteiger partial charge in [-0.1, -0.05) is 76.2 Å². The maximum Gasteiger partial charge on any atom is 0.262 e. The number of nitrogens with two attached hydrogens (primary N) is 3. The molecule has 8 heterocycles. The highest BCUT2D eigenvalue weighted by atomic mass is 32.1. The second-order valence-electron chi connectivity index (χ2n) is 22.0. The third-order valence-electron chi connectivity index (χ3n) is 15.3. The van der Waals surface area contributed by atoms with E-state index in [2.05, 4.69) is 102 Å². The van der Waals surface area contributed by atoms with Gasteiger partial charge in [0, 0.05) is 70.5 Å². The number of aliphatic hydroxyl groups excluding tert-OH is 2. The Kier molecular flexibility index (Phi) is 19.0. The first-order valence-electron chi connectivity index (χ1n) is 28.2. The number of H-pyrrole nitrogens is 2. The molecule has 0 saturated heterocycles. The molecule has 0 spiro atoms. The van der Waals surface area contributed by atoms with E-state index in [1.807, 2.05) is 73.6 Å². The summed E-state index contributed by atoms with van der Waals surface area (Å²) in [6, 6.07) is 27.8. The fraction of sp³-hybridized carbons (Fsp3) is 0.266. The van der Waals surface area contributed by atoms with Gasteiger partial charge in [-0.25, -0.2) is 14.8 Å². The number of carbonyl (C=O) groups is 2. The molecule has 10 N–H and O–H groups in total. The average Bonchev–Trinajstić information content (AvgIpc) is 1.58. The molecule has 2 aromatic carbocycles. The maximum absolute atomic E-state index is 13.1. The number of hydrogen-bond acceptors (Lipinski definition) is 23. The third kappa shape index (κ3) is 13.3. The Bertz CT molecular complexity index is 4510. The fourth-order valence-electron chi connectivity index (χ4n) is 10.2. The predicted molar refractivity (Wildman–Crippen MR) is 354 cm³/mol. The molecule has 0 amide bonds. The molecule has 2 aliphatic rings. The van der Waals surface area contributed by atoms with Crippen LogP contribution in [0, 0.1) is 29.2 Å². The summed E-state index contributed by atoms with van der Waals surface area (Å²) in [5.74, 6) is -0.0295. The van der Waals surface area contributed by atoms with Gasteiger partial charge in [-0.3, -0.25) is 9.59 Å². The summed E-state index contributed by atoms with van der Waals surface area (Å²) in [5.41, 5.74) is 27.7. The lowest BCUT2D eigenvalue weighted by Gasteiger charge is -2.20. The van der Waals surface area contributed by atoms with Gasteiger partial charge in [0.05, 0.1) is 57.8 Å². The average molecular weight is 1280 g/mol. The van der Waals surface area contributed by atoms with E-state index in [1.165, 1.54) is 73.0 Å². The van der Waals surface area contributed by atoms with Crippen molar-refractivity contribution < 1.29 is 29.3 Å². The number of allylic oxidation sites excluding steroid dienone is 2. The van der Waals surface area contributed by atoms with Crippen molar-refractivity contribution in [2.24, 2.45) is 5.73 Å². The number of nitrogen functional groups attached to an aromatic ring is 2. The predicted octanol–water partition coefficient (Wildman–Crippen LogP) is 10.4. The number of nitriles is 2. The number of ether oxygens (including phenoxy) is 2. The van der Waals surface area contributed by atoms with E-state index in [9.17, 15) is 20.0 Å². The number of Topliss-reactive ketones (excluding diaryl/α,β-unsaturated/α-hetero) is 2. The first kappa shape index (κ1) is 63.3. The summed E-state index contributed by atoms with van der Waals surface area (Å²) in [5, 5.41) is 39.3. The van der Waals surface area contributed by atoms with Crippen LogP contribution in [0.25, 0.3) is 58.8 Å². The molecule has 26 heteroatoms. The quantitative estimate of drug-likeness (QED) is 0.0161. The lowest BCUT2D eigenvalue weighted by Crippen LogP contribution is -2.20. The summed E-state index contributed by atoms with van der Waals surface area (Å²) in [7, 11) is 3.95. The number of rotatable bonds is 20. The van der Waals surface area contributed by atoms with Crippen molar-refractivity contribution in [2.75, 3.05) is 61.7 Å². The number of aliphatic hydroxyl groups is 2. The minimum atomic E-state index is -0.808. The molecular weight excluding hydrogens is 1220 g/mol. The highest BCUT2D eigenvalue weighted by molar-refractivity contribution is 7.25. The summed E-state index contributed by atoms with van der Waals surface area (Å²) < 4.78 is 11.5. The third-order valence-corrected chi connectivity index (χ3v) is 20.3. The Morgan fingerprint density at radius 3 is 1.52 bits per heavy atom. The number of ketones is 2. The molecule has 0 atom stereocenters. The molecule has 0 fully saturated rings. The van der Waals surface area contributed by atoms with Gasteiger partial charge in [0.15, 0.2) is 17.1 Å². The van der Waals surface area contributed by atoms with E-state index in [0.29, 0.717) is 66.7 Å². The van der Waals surface area contributed by atoms with Gasteiger partial charge in [0.2, 0.25) is 29.4 Å². The Balaban J connectivity index is 0.000000164. The van der Waals surface area contributed by atoms with Crippen molar-refractivity contribution in [3.8, 4) is 43.4 Å². The van der Waals surface area contributed by atoms with Gasteiger partial charge in [-0.2, -0.15) is 30.5 Å². The molecule has 90 heavy (non-hydrogen) atoms. The van der Waals surface area contributed by atoms with Crippen LogP contribution in [0.2, 0.25) is 0 Å². The van der Waals surface area contributed by atoms with E-state index >= 15 is 0 Å². The smallest absolute Gasteiger partial charge is 0.262 e. The SMILES string of the molecule is CN(CCO)c1cc2c(s1)-c1sc(/C=C(/C#N)C(=O)CCc3ccc(COc4nc(N)nc5nc[nH]c45)cc3)cc1C2(C)C.NCc1ccc(COc2nc(N)nc3nc[nH]c23)cc1.[C-]#[N+]/C(=C\c1cc2c(s1)-c1sc(N(C)CCO)cc1C2(C)C)C(=O)C#N. The maximum atomic E-state index is 13.1. The number of nitrogens with zero attached hydrogens (tertiary/aromatic N) is 11. The van der Waals surface area contributed by atoms with Crippen LogP contribution in [0.3, 0.4) is 0 Å². The highest BCUT2D eigenvalue weighted by Gasteiger charge is 2.41. The molecule has 10 aromatic rings. The number of imidazole rings is 2. The van der Waals surface area contributed by atoms with Gasteiger partial charge >= 0.3 is 0 Å². The number of hydrogen-bond donors (Lipinski definition) is 7. The van der Waals surface area contributed by atoms with Crippen LogP contribution >= 0.6 is 45.3 Å². The topological polar surface area (TPSA) is 338 Å². The van der Waals surface area contributed by atoms with Gasteiger partial charge in [0.1, 0.15) is 36.4 Å². The molecule has 22 nitrogen and oxygen atoms in total. The molecule has 0 bridgehead atoms. The van der Waals surface area contributed by atoms with Crippen LogP contribution in [0.4, 0.5) is 21.9 Å². The van der Waals surface area contributed by atoms with Crippen molar-refractivity contribution in [1.82, 2.24) is 39.9 Å². The monoisotopic (exact) mass is 1280 g/mol. The van der Waals surface area contributed by atoms with Crippen LogP contribution in [-0.2, 0) is 46.6 Å². The number of carbonyl (C=O) groups excluding carboxylic acids is 2. The van der Waals surface area contributed by atoms with Crippen molar-refractivity contribution in [2.45, 2.75) is 71.1 Å². The second-order valence-corrected chi connectivity index (χ2v) is 26.3. The summed E-state index contributed by atoms with van der Waals surface area (Å²) >= 11 is 6.56. The summed E-state index contributed by atoms with van der Waals surface area (Å²) in [6.07, 6.45) is 7.03. The minimum absolute atomic E-state index is 0.0889. The van der Waals surface area contributed by atoms with Crippen molar-refractivity contribution in [3.05, 3.63) is 162 Å². The molecule has 0 aliphatic heterocycles. The van der Waals surface area contributed by atoms with Gasteiger partial charge in [0.25, 0.3) is 5.78 Å². The van der Waals surface area contributed by atoms with Gasteiger partial charge in [-0.15, -0.1) is 45.3 Å². The number of fused-ring (bicyclic) bond motifs is 8. The standard InChI is InChI=1S/C32H31N7O3S2.C19H17N3O2S2.C13H14N6O/c1-32(2)22-13-21(43-27(22)28-23(32)14-25(44-28)39(3)10-11-40)12-20(15-33)24(41)9-8-18-4-6-19(7-5-18)16-42-30-26-29(36-17-35-26)37-31(34)38-30;1-19(2)12-7-11(8-14(21-3)15(24)10-20)25-17(12)18-13(19)9-16(26-18)22(4)5-6-23;14-5-8-1-3-9(4-2-8)6-20-12-10-11(17-7-16-10)18-13(15)19-12/h4-7,12-14,17,40H,8-11,16H2,1-3H3,(H3,34,35,36,37,38);7-9,23H,5-6H2,1-2,4H3;1-4,7H,5-6,14H2,(H3,15,16,17,18,19)/b20-12-;14-8-;. The molecule has 12 rings (SSSR count). The largest absolute Gasteiger partial charge is 0.471 e. The van der Waals surface area contributed by atoms with Crippen molar-refractivity contribution in [1.29, 1.82) is 10.5 Å². The minimum Gasteiger partial charge on any atom is -0.471 e. The molecule has 0 saturated carbocycles. The lowest BCUT2D eigenvalue weighted by atomic mass is 9.84. The molecular formula is C64H62N16O6S4. The number of aryl methyl sites for hydroxylation is 1. The first-order chi connectivity index (χ1) is 43.3. The zero-order valence-corrected chi connectivity index (χ0v) is 53.2. The summed E-state index contributed by atoms with van der Waals surface area (Å²) in [4.78, 5) is 68.7. The van der Waals surface area contributed by atoms with E-state index in [4.69, 9.17) is 43.6 Å². The molecule has 0 unspecified atom stereocenters. The Morgan fingerprint density at radius 2 is 1.09 bits per heavy atom. The van der Waals surface area contributed by atoms with E-state index in [1.54, 1.807) is 40.1 Å². The molecule has 0 radical (unpaired) electrons. The zero-order chi connectivity index (χ0) is 64.0. The highest BCUT2D eigenvalue weighted by Crippen LogP contribution is 2.58. The van der Waals surface area contributed by atoms with Crippen LogP contribution in [0.15, 0.2) is 96.7 Å². The van der Waals surface area contributed by atoms with Crippen LogP contribution in [0.1, 0.15) is 88.4 Å². The summed E-state index contributed by atoms with van der Waals surface area (Å²) in [6.45, 7) is 18.4. The van der Waals surface area contributed by atoms with Crippen LogP contribution < -0.4 is 36.5 Å². The van der Waals surface area contributed by atoms with Crippen molar-refractivity contribution in [3.63, 3.8) is 0 Å². The number of anilines is 4. The zero-order valence-electron chi connectivity index (χ0n) is 49.9. The van der Waals surface area contributed by atoms with E-state index < -0.39 is 5.78 Å². The second kappa shape index (κ2) is 27.0. The van der Waals surface area contributed by atoms with Gasteiger partial charge in [-0.05, 0) is 87.3 Å². The number of aromatic nitrogens is 8. The Morgan fingerprint density at radius 1 is 0.656 bits per heavy atom. The van der Waals surface area contributed by atoms with Crippen LogP contribution in [-0.4, -0.2) is 102 Å².